The molecule has 0 bridgehead atoms. The molecule has 2 nitrogen and oxygen atoms in total. The van der Waals surface area contributed by atoms with Crippen LogP contribution in [0, 0.1) is 11.8 Å². The van der Waals surface area contributed by atoms with Gasteiger partial charge in [-0.15, -0.1) is 0 Å². The number of benzene rings is 2. The fourth-order valence-corrected chi connectivity index (χ4v) is 3.68. The van der Waals surface area contributed by atoms with Crippen LogP contribution in [0.15, 0.2) is 60.7 Å². The molecule has 0 fully saturated rings. The Morgan fingerprint density at radius 1 is 0.559 bits per heavy atom. The van der Waals surface area contributed by atoms with Gasteiger partial charge >= 0.3 is 0 Å². The average molecular weight is 461 g/mol. The van der Waals surface area contributed by atoms with Gasteiger partial charge < -0.3 is 9.47 Å². The average Bonchev–Trinajstić information content (AvgIpc) is 2.87. The maximum absolute atomic E-state index is 5.87. The van der Waals surface area contributed by atoms with Crippen molar-refractivity contribution in [2.75, 3.05) is 13.2 Å². The smallest absolute Gasteiger partial charge is 0.119 e. The van der Waals surface area contributed by atoms with Crippen molar-refractivity contribution in [3.63, 3.8) is 0 Å². The SMILES string of the molecule is CCCCCCC=CCOc1ccc(C#Cc2ccc(OCCCCCCCCC)cc2)cc1. The van der Waals surface area contributed by atoms with Gasteiger partial charge in [0, 0.05) is 11.1 Å². The lowest BCUT2D eigenvalue weighted by molar-refractivity contribution is 0.304. The molecule has 0 heterocycles. The second-order valence-corrected chi connectivity index (χ2v) is 8.90. The summed E-state index contributed by atoms with van der Waals surface area (Å²) < 4.78 is 11.7. The topological polar surface area (TPSA) is 18.5 Å². The van der Waals surface area contributed by atoms with Gasteiger partial charge in [0.25, 0.3) is 0 Å². The largest absolute Gasteiger partial charge is 0.494 e. The van der Waals surface area contributed by atoms with E-state index < -0.39 is 0 Å². The van der Waals surface area contributed by atoms with Crippen molar-refractivity contribution in [3.8, 4) is 23.3 Å². The summed E-state index contributed by atoms with van der Waals surface area (Å²) in [6.07, 6.45) is 19.8. The lowest BCUT2D eigenvalue weighted by atomic mass is 10.1. The van der Waals surface area contributed by atoms with E-state index in [2.05, 4.69) is 37.8 Å². The molecule has 0 aromatic heterocycles. The van der Waals surface area contributed by atoms with E-state index in [4.69, 9.17) is 9.47 Å². The maximum Gasteiger partial charge on any atom is 0.119 e. The highest BCUT2D eigenvalue weighted by Crippen LogP contribution is 2.15. The second-order valence-electron chi connectivity index (χ2n) is 8.90. The maximum atomic E-state index is 5.87. The fourth-order valence-electron chi connectivity index (χ4n) is 3.68. The van der Waals surface area contributed by atoms with Crippen molar-refractivity contribution >= 4 is 0 Å². The molecule has 0 radical (unpaired) electrons. The standard InChI is InChI=1S/C32H44O2/c1-3-5-7-9-11-13-15-27-33-31-23-19-29(20-24-31)17-18-30-21-25-32(26-22-30)34-28-16-14-12-10-8-6-4-2/h13,15,19-26H,3-12,14,16,27-28H2,1-2H3. The number of ether oxygens (including phenoxy) is 2. The number of unbranched alkanes of at least 4 members (excludes halogenated alkanes) is 10. The highest BCUT2D eigenvalue weighted by Gasteiger charge is 1.96. The molecule has 0 aliphatic heterocycles. The van der Waals surface area contributed by atoms with Crippen LogP contribution in [0.25, 0.3) is 0 Å². The van der Waals surface area contributed by atoms with Gasteiger partial charge in [-0.3, -0.25) is 0 Å². The highest BCUT2D eigenvalue weighted by molar-refractivity contribution is 5.45. The fraction of sp³-hybridized carbons (Fsp3) is 0.500. The number of hydrogen-bond donors (Lipinski definition) is 0. The summed E-state index contributed by atoms with van der Waals surface area (Å²) in [5, 5.41) is 0. The molecule has 0 amide bonds. The van der Waals surface area contributed by atoms with E-state index in [-0.39, 0.29) is 0 Å². The van der Waals surface area contributed by atoms with E-state index in [1.165, 1.54) is 64.2 Å². The van der Waals surface area contributed by atoms with Crippen LogP contribution < -0.4 is 9.47 Å². The second kappa shape index (κ2) is 18.7. The van der Waals surface area contributed by atoms with Gasteiger partial charge in [-0.05, 0) is 67.8 Å². The van der Waals surface area contributed by atoms with Gasteiger partial charge in [0.15, 0.2) is 0 Å². The summed E-state index contributed by atoms with van der Waals surface area (Å²) in [5.41, 5.74) is 1.98. The van der Waals surface area contributed by atoms with Gasteiger partial charge in [-0.1, -0.05) is 95.6 Å². The Labute approximate surface area is 208 Å². The zero-order valence-electron chi connectivity index (χ0n) is 21.5. The zero-order chi connectivity index (χ0) is 24.1. The molecule has 184 valence electrons. The predicted molar refractivity (Wildman–Crippen MR) is 146 cm³/mol. The van der Waals surface area contributed by atoms with Gasteiger partial charge in [0.2, 0.25) is 0 Å². The lowest BCUT2D eigenvalue weighted by Gasteiger charge is -2.06. The first-order valence-electron chi connectivity index (χ1n) is 13.4. The molecule has 2 heteroatoms. The molecule has 2 aromatic rings. The van der Waals surface area contributed by atoms with Crippen molar-refractivity contribution in [1.29, 1.82) is 0 Å². The van der Waals surface area contributed by atoms with Gasteiger partial charge in [0.05, 0.1) is 6.61 Å². The molecule has 0 N–H and O–H groups in total. The van der Waals surface area contributed by atoms with E-state index in [1.54, 1.807) is 0 Å². The minimum Gasteiger partial charge on any atom is -0.494 e. The normalized spacial score (nSPS) is 10.8. The summed E-state index contributed by atoms with van der Waals surface area (Å²) in [4.78, 5) is 0. The van der Waals surface area contributed by atoms with Crippen molar-refractivity contribution in [2.24, 2.45) is 0 Å². The number of hydrogen-bond acceptors (Lipinski definition) is 2. The quantitative estimate of drug-likeness (QED) is 0.133. The van der Waals surface area contributed by atoms with E-state index in [1.807, 2.05) is 48.5 Å². The molecule has 34 heavy (non-hydrogen) atoms. The molecule has 0 unspecified atom stereocenters. The van der Waals surface area contributed by atoms with E-state index in [0.29, 0.717) is 6.61 Å². The summed E-state index contributed by atoms with van der Waals surface area (Å²) in [6.45, 7) is 5.91. The van der Waals surface area contributed by atoms with Crippen LogP contribution in [0.4, 0.5) is 0 Å². The van der Waals surface area contributed by atoms with Crippen LogP contribution in [0.1, 0.15) is 102 Å². The summed E-state index contributed by atoms with van der Waals surface area (Å²) >= 11 is 0. The number of allylic oxidation sites excluding steroid dienone is 1. The zero-order valence-corrected chi connectivity index (χ0v) is 21.5. The van der Waals surface area contributed by atoms with Crippen molar-refractivity contribution in [3.05, 3.63) is 71.8 Å². The highest BCUT2D eigenvalue weighted by atomic mass is 16.5. The third-order valence-corrected chi connectivity index (χ3v) is 5.81. The van der Waals surface area contributed by atoms with Crippen LogP contribution in [0.5, 0.6) is 11.5 Å². The Balaban J connectivity index is 1.65. The Hall–Kier alpha value is -2.66. The first-order valence-corrected chi connectivity index (χ1v) is 13.4. The lowest BCUT2D eigenvalue weighted by Crippen LogP contribution is -1.97. The molecule has 2 rings (SSSR count). The molecule has 0 atom stereocenters. The minimum atomic E-state index is 0.617. The molecule has 0 spiro atoms. The van der Waals surface area contributed by atoms with E-state index in [9.17, 15) is 0 Å². The molecule has 0 saturated carbocycles. The predicted octanol–water partition coefficient (Wildman–Crippen LogP) is 9.12. The Morgan fingerprint density at radius 3 is 1.65 bits per heavy atom. The van der Waals surface area contributed by atoms with E-state index >= 15 is 0 Å². The minimum absolute atomic E-state index is 0.617. The molecular formula is C32H44O2. The van der Waals surface area contributed by atoms with Crippen molar-refractivity contribution in [1.82, 2.24) is 0 Å². The Bertz CT molecular complexity index is 837. The molecule has 2 aromatic carbocycles. The first kappa shape index (κ1) is 27.6. The molecular weight excluding hydrogens is 416 g/mol. The molecule has 0 saturated heterocycles. The van der Waals surface area contributed by atoms with Crippen molar-refractivity contribution < 1.29 is 9.47 Å². The van der Waals surface area contributed by atoms with Gasteiger partial charge in [-0.25, -0.2) is 0 Å². The monoisotopic (exact) mass is 460 g/mol. The third-order valence-electron chi connectivity index (χ3n) is 5.81. The van der Waals surface area contributed by atoms with Gasteiger partial charge in [-0.2, -0.15) is 0 Å². The van der Waals surface area contributed by atoms with E-state index in [0.717, 1.165) is 42.1 Å². The molecule has 0 aliphatic rings. The summed E-state index contributed by atoms with van der Waals surface area (Å²) in [6, 6.07) is 16.1. The molecule has 0 aliphatic carbocycles. The Kier molecular flexibility index (Phi) is 15.2. The summed E-state index contributed by atoms with van der Waals surface area (Å²) in [7, 11) is 0. The summed E-state index contributed by atoms with van der Waals surface area (Å²) in [5.74, 6) is 8.26. The van der Waals surface area contributed by atoms with Crippen LogP contribution in [-0.2, 0) is 0 Å². The van der Waals surface area contributed by atoms with Gasteiger partial charge in [0.1, 0.15) is 18.1 Å². The first-order chi connectivity index (χ1) is 16.8. The van der Waals surface area contributed by atoms with Crippen LogP contribution in [-0.4, -0.2) is 13.2 Å². The van der Waals surface area contributed by atoms with Crippen molar-refractivity contribution in [2.45, 2.75) is 90.9 Å². The number of rotatable bonds is 17. The Morgan fingerprint density at radius 2 is 1.06 bits per heavy atom. The third kappa shape index (κ3) is 13.1. The van der Waals surface area contributed by atoms with Crippen LogP contribution in [0.2, 0.25) is 0 Å². The van der Waals surface area contributed by atoms with Crippen LogP contribution in [0.3, 0.4) is 0 Å². The van der Waals surface area contributed by atoms with Crippen LogP contribution >= 0.6 is 0 Å².